The number of hydrogen-bond acceptors (Lipinski definition) is 3. The molecule has 0 bridgehead atoms. The van der Waals surface area contributed by atoms with E-state index < -0.39 is 0 Å². The van der Waals surface area contributed by atoms with Crippen LogP contribution in [0.2, 0.25) is 0 Å². The van der Waals surface area contributed by atoms with Crippen molar-refractivity contribution in [2.75, 3.05) is 6.54 Å². The maximum absolute atomic E-state index is 10.8. The van der Waals surface area contributed by atoms with Crippen molar-refractivity contribution in [2.24, 2.45) is 0 Å². The van der Waals surface area contributed by atoms with E-state index in [1.54, 1.807) is 18.5 Å². The lowest BCUT2D eigenvalue weighted by Gasteiger charge is -1.93. The number of carbonyl (C=O) groups excluding carboxylic acids is 2. The number of fused-ring (bicyclic) bond motifs is 1. The van der Waals surface area contributed by atoms with Crippen molar-refractivity contribution in [2.45, 2.75) is 6.92 Å². The highest BCUT2D eigenvalue weighted by atomic mass is 16.1. The number of hydrogen-bond donors (Lipinski definition) is 2. The minimum atomic E-state index is -0.119. The van der Waals surface area contributed by atoms with Gasteiger partial charge in [0, 0.05) is 35.8 Å². The van der Waals surface area contributed by atoms with Crippen LogP contribution in [0.25, 0.3) is 11.0 Å². The maximum atomic E-state index is 10.8. The van der Waals surface area contributed by atoms with Gasteiger partial charge < -0.3 is 10.3 Å². The molecule has 0 radical (unpaired) electrons. The van der Waals surface area contributed by atoms with Gasteiger partial charge in [0.15, 0.2) is 6.29 Å². The summed E-state index contributed by atoms with van der Waals surface area (Å²) in [6.45, 7) is 1.73. The molecule has 5 heteroatoms. The van der Waals surface area contributed by atoms with E-state index in [-0.39, 0.29) is 5.91 Å². The molecule has 0 saturated heterocycles. The standard InChI is InChI=1S/C13H11N3O2/c1-9(18)14-4-2-3-10-5-12-11(8-17)7-16-13(12)15-6-10/h5-8H,4H2,1H3,(H,14,18)(H,15,16). The van der Waals surface area contributed by atoms with Crippen LogP contribution in [0.5, 0.6) is 0 Å². The van der Waals surface area contributed by atoms with Crippen molar-refractivity contribution in [1.29, 1.82) is 0 Å². The van der Waals surface area contributed by atoms with E-state index in [2.05, 4.69) is 27.1 Å². The molecule has 2 rings (SSSR count). The van der Waals surface area contributed by atoms with Gasteiger partial charge in [-0.15, -0.1) is 0 Å². The third kappa shape index (κ3) is 2.55. The smallest absolute Gasteiger partial charge is 0.217 e. The van der Waals surface area contributed by atoms with Crippen LogP contribution in [-0.2, 0) is 4.79 Å². The van der Waals surface area contributed by atoms with Crippen molar-refractivity contribution in [3.63, 3.8) is 0 Å². The minimum absolute atomic E-state index is 0.119. The monoisotopic (exact) mass is 241 g/mol. The molecule has 0 saturated carbocycles. The summed E-state index contributed by atoms with van der Waals surface area (Å²) in [6.07, 6.45) is 4.00. The van der Waals surface area contributed by atoms with Crippen LogP contribution < -0.4 is 5.32 Å². The second-order valence-corrected chi connectivity index (χ2v) is 3.69. The van der Waals surface area contributed by atoms with Gasteiger partial charge in [-0.3, -0.25) is 9.59 Å². The molecule has 18 heavy (non-hydrogen) atoms. The molecule has 90 valence electrons. The summed E-state index contributed by atoms with van der Waals surface area (Å²) >= 11 is 0. The van der Waals surface area contributed by atoms with Crippen molar-refractivity contribution in [3.8, 4) is 11.8 Å². The van der Waals surface area contributed by atoms with Crippen LogP contribution in [-0.4, -0.2) is 28.7 Å². The van der Waals surface area contributed by atoms with E-state index >= 15 is 0 Å². The normalized spacial score (nSPS) is 9.61. The fraction of sp³-hybridized carbons (Fsp3) is 0.154. The zero-order chi connectivity index (χ0) is 13.0. The molecule has 2 heterocycles. The quantitative estimate of drug-likeness (QED) is 0.605. The Balaban J connectivity index is 2.23. The molecule has 0 aromatic carbocycles. The largest absolute Gasteiger partial charge is 0.345 e. The number of nitrogens with zero attached hydrogens (tertiary/aromatic N) is 1. The molecule has 1 amide bonds. The second kappa shape index (κ2) is 5.15. The van der Waals surface area contributed by atoms with Gasteiger partial charge in [-0.25, -0.2) is 4.98 Å². The number of aromatic nitrogens is 2. The predicted molar refractivity (Wildman–Crippen MR) is 67.0 cm³/mol. The first-order valence-electron chi connectivity index (χ1n) is 5.36. The number of aldehydes is 1. The van der Waals surface area contributed by atoms with Crippen molar-refractivity contribution in [1.82, 2.24) is 15.3 Å². The zero-order valence-corrected chi connectivity index (χ0v) is 9.78. The molecule has 0 atom stereocenters. The average Bonchev–Trinajstić information content (AvgIpc) is 2.76. The van der Waals surface area contributed by atoms with Gasteiger partial charge in [0.05, 0.1) is 6.54 Å². The number of aromatic amines is 1. The highest BCUT2D eigenvalue weighted by Gasteiger charge is 2.03. The van der Waals surface area contributed by atoms with E-state index in [1.165, 1.54) is 6.92 Å². The highest BCUT2D eigenvalue weighted by Crippen LogP contribution is 2.15. The van der Waals surface area contributed by atoms with Gasteiger partial charge in [0.1, 0.15) is 5.65 Å². The number of amides is 1. The molecule has 0 aliphatic carbocycles. The third-order valence-corrected chi connectivity index (χ3v) is 2.35. The Morgan fingerprint density at radius 2 is 2.44 bits per heavy atom. The number of nitrogens with one attached hydrogen (secondary N) is 2. The van der Waals surface area contributed by atoms with Crippen LogP contribution in [0, 0.1) is 11.8 Å². The van der Waals surface area contributed by atoms with Crippen molar-refractivity contribution < 1.29 is 9.59 Å². The first-order valence-corrected chi connectivity index (χ1v) is 5.36. The first kappa shape index (κ1) is 11.9. The molecular formula is C13H11N3O2. The molecule has 0 fully saturated rings. The van der Waals surface area contributed by atoms with E-state index in [1.807, 2.05) is 0 Å². The maximum Gasteiger partial charge on any atom is 0.217 e. The van der Waals surface area contributed by atoms with Crippen LogP contribution >= 0.6 is 0 Å². The number of rotatable bonds is 2. The Hall–Kier alpha value is -2.61. The fourth-order valence-corrected chi connectivity index (χ4v) is 1.50. The van der Waals surface area contributed by atoms with Crippen LogP contribution in [0.4, 0.5) is 0 Å². The molecule has 2 aromatic heterocycles. The summed E-state index contributed by atoms with van der Waals surface area (Å²) in [5.74, 6) is 5.56. The Kier molecular flexibility index (Phi) is 3.39. The topological polar surface area (TPSA) is 74.8 Å². The van der Waals surface area contributed by atoms with Gasteiger partial charge in [0.25, 0.3) is 0 Å². The van der Waals surface area contributed by atoms with Crippen molar-refractivity contribution >= 4 is 23.2 Å². The van der Waals surface area contributed by atoms with E-state index in [4.69, 9.17) is 0 Å². The Morgan fingerprint density at radius 3 is 3.17 bits per heavy atom. The summed E-state index contributed by atoms with van der Waals surface area (Å²) in [6, 6.07) is 1.79. The summed E-state index contributed by atoms with van der Waals surface area (Å²) in [4.78, 5) is 28.5. The Morgan fingerprint density at radius 1 is 1.61 bits per heavy atom. The van der Waals surface area contributed by atoms with Gasteiger partial charge in [-0.05, 0) is 6.07 Å². The SMILES string of the molecule is CC(=O)NCC#Cc1cnc2[nH]cc(C=O)c2c1. The fourth-order valence-electron chi connectivity index (χ4n) is 1.50. The third-order valence-electron chi connectivity index (χ3n) is 2.35. The molecule has 0 aliphatic rings. The molecule has 2 N–H and O–H groups in total. The highest BCUT2D eigenvalue weighted by molar-refractivity contribution is 5.96. The molecular weight excluding hydrogens is 230 g/mol. The minimum Gasteiger partial charge on any atom is -0.345 e. The Labute approximate surface area is 104 Å². The number of H-pyrrole nitrogens is 1. The molecule has 0 aliphatic heterocycles. The van der Waals surface area contributed by atoms with Crippen molar-refractivity contribution in [3.05, 3.63) is 29.6 Å². The lowest BCUT2D eigenvalue weighted by molar-refractivity contribution is -0.118. The zero-order valence-electron chi connectivity index (χ0n) is 9.78. The number of carbonyl (C=O) groups is 2. The lowest BCUT2D eigenvalue weighted by atomic mass is 10.2. The molecule has 5 nitrogen and oxygen atoms in total. The van der Waals surface area contributed by atoms with E-state index in [9.17, 15) is 9.59 Å². The molecule has 0 unspecified atom stereocenters. The van der Waals surface area contributed by atoms with Gasteiger partial charge in [-0.2, -0.15) is 0 Å². The van der Waals surface area contributed by atoms with Crippen LogP contribution in [0.1, 0.15) is 22.8 Å². The van der Waals surface area contributed by atoms with E-state index in [0.29, 0.717) is 23.3 Å². The summed E-state index contributed by atoms with van der Waals surface area (Å²) < 4.78 is 0. The first-order chi connectivity index (χ1) is 8.70. The Bertz CT molecular complexity index is 662. The van der Waals surface area contributed by atoms with Gasteiger partial charge >= 0.3 is 0 Å². The summed E-state index contributed by atoms with van der Waals surface area (Å²) in [5, 5.41) is 3.32. The number of pyridine rings is 1. The molecule has 0 spiro atoms. The van der Waals surface area contributed by atoms with Crippen LogP contribution in [0.15, 0.2) is 18.5 Å². The average molecular weight is 241 g/mol. The summed E-state index contributed by atoms with van der Waals surface area (Å²) in [7, 11) is 0. The second-order valence-electron chi connectivity index (χ2n) is 3.69. The van der Waals surface area contributed by atoms with Gasteiger partial charge in [-0.1, -0.05) is 11.8 Å². The van der Waals surface area contributed by atoms with E-state index in [0.717, 1.165) is 11.7 Å². The predicted octanol–water partition coefficient (Wildman–Crippen LogP) is 0.863. The summed E-state index contributed by atoms with van der Waals surface area (Å²) in [5.41, 5.74) is 1.92. The van der Waals surface area contributed by atoms with Crippen LogP contribution in [0.3, 0.4) is 0 Å². The van der Waals surface area contributed by atoms with Gasteiger partial charge in [0.2, 0.25) is 5.91 Å². The molecule has 2 aromatic rings. The lowest BCUT2D eigenvalue weighted by Crippen LogP contribution is -2.19.